The molecule has 18 heavy (non-hydrogen) atoms. The summed E-state index contributed by atoms with van der Waals surface area (Å²) in [6, 6.07) is 2.08. The SMILES string of the molecule is O=C(NCC[C@@H]1CCCO1)c1cc2c(s1)CCC2. The zero-order valence-corrected chi connectivity index (χ0v) is 11.4. The van der Waals surface area contributed by atoms with Crippen LogP contribution in [0.4, 0.5) is 0 Å². The van der Waals surface area contributed by atoms with Crippen molar-refractivity contribution in [3.8, 4) is 0 Å². The Labute approximate surface area is 112 Å². The summed E-state index contributed by atoms with van der Waals surface area (Å²) < 4.78 is 5.54. The number of thiophene rings is 1. The van der Waals surface area contributed by atoms with Crippen LogP contribution in [0.3, 0.4) is 0 Å². The number of nitrogens with one attached hydrogen (secondary N) is 1. The molecule has 1 atom stereocenters. The fraction of sp³-hybridized carbons (Fsp3) is 0.643. The summed E-state index contributed by atoms with van der Waals surface area (Å²) in [6.07, 6.45) is 7.16. The minimum Gasteiger partial charge on any atom is -0.378 e. The summed E-state index contributed by atoms with van der Waals surface area (Å²) in [6.45, 7) is 1.61. The van der Waals surface area contributed by atoms with E-state index in [1.807, 2.05) is 0 Å². The molecule has 0 spiro atoms. The molecule has 1 amide bonds. The lowest BCUT2D eigenvalue weighted by molar-refractivity contribution is 0.0910. The molecule has 4 heteroatoms. The monoisotopic (exact) mass is 265 g/mol. The van der Waals surface area contributed by atoms with Crippen molar-refractivity contribution < 1.29 is 9.53 Å². The van der Waals surface area contributed by atoms with Gasteiger partial charge in [0.25, 0.3) is 5.91 Å². The van der Waals surface area contributed by atoms with Gasteiger partial charge in [-0.2, -0.15) is 0 Å². The van der Waals surface area contributed by atoms with Crippen LogP contribution in [-0.2, 0) is 17.6 Å². The fourth-order valence-electron chi connectivity index (χ4n) is 2.75. The summed E-state index contributed by atoms with van der Waals surface area (Å²) in [7, 11) is 0. The molecule has 1 fully saturated rings. The molecule has 1 aromatic rings. The second kappa shape index (κ2) is 5.41. The lowest BCUT2D eigenvalue weighted by atomic mass is 10.2. The molecule has 3 rings (SSSR count). The first-order valence-electron chi connectivity index (χ1n) is 6.84. The number of ether oxygens (including phenoxy) is 1. The van der Waals surface area contributed by atoms with Crippen LogP contribution >= 0.6 is 11.3 Å². The smallest absolute Gasteiger partial charge is 0.261 e. The third kappa shape index (κ3) is 2.59. The number of amides is 1. The van der Waals surface area contributed by atoms with Gasteiger partial charge < -0.3 is 10.1 Å². The predicted molar refractivity (Wildman–Crippen MR) is 72.3 cm³/mol. The van der Waals surface area contributed by atoms with E-state index in [2.05, 4.69) is 11.4 Å². The Morgan fingerprint density at radius 1 is 1.44 bits per heavy atom. The second-order valence-electron chi connectivity index (χ2n) is 5.09. The number of fused-ring (bicyclic) bond motifs is 1. The Morgan fingerprint density at radius 3 is 3.17 bits per heavy atom. The number of rotatable bonds is 4. The van der Waals surface area contributed by atoms with Crippen molar-refractivity contribution in [2.24, 2.45) is 0 Å². The van der Waals surface area contributed by atoms with Crippen LogP contribution in [0.15, 0.2) is 6.07 Å². The lowest BCUT2D eigenvalue weighted by Crippen LogP contribution is -2.26. The van der Waals surface area contributed by atoms with Gasteiger partial charge in [-0.3, -0.25) is 4.79 Å². The third-order valence-electron chi connectivity index (χ3n) is 3.75. The van der Waals surface area contributed by atoms with E-state index in [0.717, 1.165) is 50.1 Å². The first-order valence-corrected chi connectivity index (χ1v) is 7.66. The summed E-state index contributed by atoms with van der Waals surface area (Å²) in [5, 5.41) is 3.01. The molecule has 2 aliphatic rings. The average Bonchev–Trinajstić information content (AvgIpc) is 3.04. The molecular formula is C14H19NO2S. The fourth-order valence-corrected chi connectivity index (χ4v) is 3.92. The Hall–Kier alpha value is -0.870. The molecule has 0 saturated carbocycles. The van der Waals surface area contributed by atoms with Gasteiger partial charge in [0.1, 0.15) is 0 Å². The van der Waals surface area contributed by atoms with Gasteiger partial charge in [-0.1, -0.05) is 0 Å². The normalized spacial score (nSPS) is 22.1. The Morgan fingerprint density at radius 2 is 2.39 bits per heavy atom. The van der Waals surface area contributed by atoms with Crippen molar-refractivity contribution in [2.75, 3.05) is 13.2 Å². The molecular weight excluding hydrogens is 246 g/mol. The first-order chi connectivity index (χ1) is 8.83. The predicted octanol–water partition coefficient (Wildman–Crippen LogP) is 2.54. The van der Waals surface area contributed by atoms with Crippen LogP contribution in [-0.4, -0.2) is 25.2 Å². The number of carbonyl (C=O) groups excluding carboxylic acids is 1. The minimum atomic E-state index is 0.0902. The van der Waals surface area contributed by atoms with Crippen molar-refractivity contribution in [2.45, 2.75) is 44.6 Å². The highest BCUT2D eigenvalue weighted by molar-refractivity contribution is 7.14. The standard InChI is InChI=1S/C14H19NO2S/c16-14(15-7-6-11-4-2-8-17-11)13-9-10-3-1-5-12(10)18-13/h9,11H,1-8H2,(H,15,16)/t11-/m0/s1. The van der Waals surface area contributed by atoms with Crippen LogP contribution in [0.1, 0.15) is 45.8 Å². The maximum atomic E-state index is 12.0. The summed E-state index contributed by atoms with van der Waals surface area (Å²) in [5.74, 6) is 0.0902. The van der Waals surface area contributed by atoms with E-state index in [1.165, 1.54) is 16.9 Å². The number of hydrogen-bond acceptors (Lipinski definition) is 3. The van der Waals surface area contributed by atoms with Gasteiger partial charge in [-0.25, -0.2) is 0 Å². The molecule has 0 bridgehead atoms. The van der Waals surface area contributed by atoms with Gasteiger partial charge >= 0.3 is 0 Å². The molecule has 1 saturated heterocycles. The summed E-state index contributed by atoms with van der Waals surface area (Å²) in [4.78, 5) is 14.3. The van der Waals surface area contributed by atoms with Gasteiger partial charge in [0.05, 0.1) is 11.0 Å². The van der Waals surface area contributed by atoms with Crippen molar-refractivity contribution in [3.63, 3.8) is 0 Å². The maximum absolute atomic E-state index is 12.0. The van der Waals surface area contributed by atoms with E-state index in [1.54, 1.807) is 11.3 Å². The van der Waals surface area contributed by atoms with E-state index >= 15 is 0 Å². The molecule has 0 unspecified atom stereocenters. The second-order valence-corrected chi connectivity index (χ2v) is 6.23. The maximum Gasteiger partial charge on any atom is 0.261 e. The topological polar surface area (TPSA) is 38.3 Å². The van der Waals surface area contributed by atoms with Crippen LogP contribution in [0, 0.1) is 0 Å². The van der Waals surface area contributed by atoms with Gasteiger partial charge in [0.15, 0.2) is 0 Å². The highest BCUT2D eigenvalue weighted by atomic mass is 32.1. The molecule has 0 aromatic carbocycles. The first kappa shape index (κ1) is 12.2. The summed E-state index contributed by atoms with van der Waals surface area (Å²) >= 11 is 1.67. The Bertz CT molecular complexity index is 414. The number of carbonyl (C=O) groups is 1. The van der Waals surface area contributed by atoms with E-state index in [9.17, 15) is 4.79 Å². The molecule has 3 nitrogen and oxygen atoms in total. The van der Waals surface area contributed by atoms with Gasteiger partial charge in [-0.15, -0.1) is 11.3 Å². The molecule has 2 heterocycles. The highest BCUT2D eigenvalue weighted by Gasteiger charge is 2.19. The Kier molecular flexibility index (Phi) is 3.66. The largest absolute Gasteiger partial charge is 0.378 e. The van der Waals surface area contributed by atoms with E-state index in [4.69, 9.17) is 4.74 Å². The van der Waals surface area contributed by atoms with E-state index in [0.29, 0.717) is 6.10 Å². The molecule has 1 aromatic heterocycles. The molecule has 98 valence electrons. The van der Waals surface area contributed by atoms with Crippen molar-refractivity contribution >= 4 is 17.2 Å². The number of hydrogen-bond donors (Lipinski definition) is 1. The molecule has 1 aliphatic heterocycles. The van der Waals surface area contributed by atoms with Crippen LogP contribution in [0.25, 0.3) is 0 Å². The highest BCUT2D eigenvalue weighted by Crippen LogP contribution is 2.30. The third-order valence-corrected chi connectivity index (χ3v) is 4.98. The van der Waals surface area contributed by atoms with E-state index < -0.39 is 0 Å². The lowest BCUT2D eigenvalue weighted by Gasteiger charge is -2.09. The molecule has 1 N–H and O–H groups in total. The van der Waals surface area contributed by atoms with Crippen molar-refractivity contribution in [1.82, 2.24) is 5.32 Å². The van der Waals surface area contributed by atoms with Gasteiger partial charge in [0, 0.05) is 18.0 Å². The van der Waals surface area contributed by atoms with Crippen molar-refractivity contribution in [3.05, 3.63) is 21.4 Å². The number of aryl methyl sites for hydroxylation is 2. The Balaban J connectivity index is 1.48. The molecule has 1 aliphatic carbocycles. The quantitative estimate of drug-likeness (QED) is 0.908. The zero-order valence-electron chi connectivity index (χ0n) is 10.5. The summed E-state index contributed by atoms with van der Waals surface area (Å²) in [5.41, 5.74) is 1.39. The van der Waals surface area contributed by atoms with Gasteiger partial charge in [0.2, 0.25) is 0 Å². The van der Waals surface area contributed by atoms with Crippen molar-refractivity contribution in [1.29, 1.82) is 0 Å². The van der Waals surface area contributed by atoms with E-state index in [-0.39, 0.29) is 5.91 Å². The van der Waals surface area contributed by atoms with Crippen LogP contribution < -0.4 is 5.32 Å². The zero-order chi connectivity index (χ0) is 12.4. The van der Waals surface area contributed by atoms with Gasteiger partial charge in [-0.05, 0) is 50.2 Å². The minimum absolute atomic E-state index is 0.0902. The van der Waals surface area contributed by atoms with Crippen LogP contribution in [0.5, 0.6) is 0 Å². The average molecular weight is 265 g/mol. The van der Waals surface area contributed by atoms with Crippen LogP contribution in [0.2, 0.25) is 0 Å². The molecule has 0 radical (unpaired) electrons.